The lowest BCUT2D eigenvalue weighted by atomic mass is 10.1. The quantitative estimate of drug-likeness (QED) is 0.232. The highest BCUT2D eigenvalue weighted by molar-refractivity contribution is 7.90. The molecule has 35 heavy (non-hydrogen) atoms. The van der Waals surface area contributed by atoms with Crippen LogP contribution in [0.5, 0.6) is 11.5 Å². The molecule has 0 unspecified atom stereocenters. The fourth-order valence-electron chi connectivity index (χ4n) is 2.68. The second-order valence-electron chi connectivity index (χ2n) is 7.33. The molecule has 0 fully saturated rings. The smallest absolute Gasteiger partial charge is 0.268 e. The molecular weight excluding hydrogens is 512 g/mol. The number of hydrogen-bond acceptors (Lipinski definition) is 9. The van der Waals surface area contributed by atoms with Crippen molar-refractivity contribution in [2.24, 2.45) is 0 Å². The van der Waals surface area contributed by atoms with Crippen molar-refractivity contribution < 1.29 is 22.7 Å². The van der Waals surface area contributed by atoms with Crippen LogP contribution in [0.3, 0.4) is 0 Å². The molecule has 1 aromatic heterocycles. The summed E-state index contributed by atoms with van der Waals surface area (Å²) in [6.07, 6.45) is 2.95. The van der Waals surface area contributed by atoms with Crippen LogP contribution in [0.25, 0.3) is 6.08 Å². The summed E-state index contributed by atoms with van der Waals surface area (Å²) < 4.78 is 38.0. The van der Waals surface area contributed by atoms with Gasteiger partial charge in [0.2, 0.25) is 15.0 Å². The lowest BCUT2D eigenvalue weighted by molar-refractivity contribution is -0.112. The van der Waals surface area contributed by atoms with Gasteiger partial charge in [-0.15, -0.1) is 0 Å². The maximum Gasteiger partial charge on any atom is 0.268 e. The molecular formula is C23H21ClN4O5S2. The first-order valence-corrected chi connectivity index (χ1v) is 13.3. The largest absolute Gasteiger partial charge is 0.493 e. The van der Waals surface area contributed by atoms with E-state index in [9.17, 15) is 18.5 Å². The van der Waals surface area contributed by atoms with Gasteiger partial charge in [0.15, 0.2) is 0 Å². The Bertz CT molecular complexity index is 1380. The Morgan fingerprint density at radius 2 is 1.91 bits per heavy atom. The van der Waals surface area contributed by atoms with Crippen molar-refractivity contribution in [3.05, 3.63) is 64.2 Å². The van der Waals surface area contributed by atoms with Crippen molar-refractivity contribution in [2.45, 2.75) is 18.5 Å². The summed E-state index contributed by atoms with van der Waals surface area (Å²) >= 11 is 6.99. The number of aromatic nitrogens is 2. The van der Waals surface area contributed by atoms with Gasteiger partial charge in [-0.25, -0.2) is 8.42 Å². The number of amides is 1. The summed E-state index contributed by atoms with van der Waals surface area (Å²) in [5.41, 5.74) is 1.45. The second kappa shape index (κ2) is 11.8. The van der Waals surface area contributed by atoms with E-state index >= 15 is 0 Å². The van der Waals surface area contributed by atoms with E-state index in [0.29, 0.717) is 47.5 Å². The molecule has 9 nitrogen and oxygen atoms in total. The van der Waals surface area contributed by atoms with Crippen molar-refractivity contribution in [1.29, 1.82) is 5.26 Å². The van der Waals surface area contributed by atoms with Crippen LogP contribution >= 0.6 is 23.1 Å². The van der Waals surface area contributed by atoms with E-state index < -0.39 is 20.9 Å². The first-order chi connectivity index (χ1) is 16.7. The van der Waals surface area contributed by atoms with Gasteiger partial charge in [0, 0.05) is 24.2 Å². The number of nitrogens with zero attached hydrogens (tertiary/aromatic N) is 3. The van der Waals surface area contributed by atoms with Gasteiger partial charge in [0.1, 0.15) is 23.1 Å². The molecule has 0 aliphatic heterocycles. The van der Waals surface area contributed by atoms with Crippen molar-refractivity contribution >= 4 is 50.1 Å². The lowest BCUT2D eigenvalue weighted by Gasteiger charge is -2.10. The summed E-state index contributed by atoms with van der Waals surface area (Å²) in [7, 11) is -3.60. The van der Waals surface area contributed by atoms with Crippen LogP contribution < -0.4 is 14.8 Å². The molecule has 0 aliphatic rings. The Kier molecular flexibility index (Phi) is 8.81. The summed E-state index contributed by atoms with van der Waals surface area (Å²) in [5.74, 6) is 0.502. The van der Waals surface area contributed by atoms with Gasteiger partial charge in [-0.1, -0.05) is 35.4 Å². The standard InChI is InChI=1S/C23H21ClN4O5S2/c1-15-4-7-18(8-5-15)32-10-3-11-33-20-9-6-16(13-19(20)24)12-17(14-25)21(29)26-22-27-23(28-34-22)35(2,30)31/h4-9,12-13H,3,10-11H2,1-2H3,(H,26,27,28,29). The molecule has 3 rings (SSSR count). The minimum atomic E-state index is -3.60. The SMILES string of the molecule is Cc1ccc(OCCCOc2ccc(C=C(C#N)C(=O)Nc3nc(S(C)(=O)=O)ns3)cc2Cl)cc1. The maximum atomic E-state index is 12.4. The molecule has 0 atom stereocenters. The zero-order chi connectivity index (χ0) is 25.4. The molecule has 0 bridgehead atoms. The number of ether oxygens (including phenoxy) is 2. The second-order valence-corrected chi connectivity index (χ2v) is 10.4. The third-order valence-electron chi connectivity index (χ3n) is 4.43. The number of nitrogens with one attached hydrogen (secondary N) is 1. The Balaban J connectivity index is 1.55. The highest BCUT2D eigenvalue weighted by Gasteiger charge is 2.17. The Hall–Kier alpha value is -3.46. The third kappa shape index (κ3) is 7.78. The molecule has 1 heterocycles. The molecule has 0 radical (unpaired) electrons. The summed E-state index contributed by atoms with van der Waals surface area (Å²) in [5, 5.41) is 11.6. The molecule has 0 spiro atoms. The number of carbonyl (C=O) groups is 1. The number of nitriles is 1. The fraction of sp³-hybridized carbons (Fsp3) is 0.217. The number of hydrogen-bond donors (Lipinski definition) is 1. The number of sulfone groups is 1. The molecule has 1 amide bonds. The molecule has 3 aromatic rings. The Morgan fingerprint density at radius 1 is 1.20 bits per heavy atom. The summed E-state index contributed by atoms with van der Waals surface area (Å²) in [4.78, 5) is 16.1. The normalized spacial score (nSPS) is 11.5. The van der Waals surface area contributed by atoms with E-state index in [1.54, 1.807) is 24.3 Å². The van der Waals surface area contributed by atoms with Gasteiger partial charge in [-0.05, 0) is 42.8 Å². The topological polar surface area (TPSA) is 131 Å². The average molecular weight is 533 g/mol. The lowest BCUT2D eigenvalue weighted by Crippen LogP contribution is -2.13. The van der Waals surface area contributed by atoms with E-state index in [1.807, 2.05) is 31.2 Å². The number of aryl methyl sites for hydroxylation is 1. The number of anilines is 1. The van der Waals surface area contributed by atoms with Gasteiger partial charge in [-0.3, -0.25) is 10.1 Å². The summed E-state index contributed by atoms with van der Waals surface area (Å²) in [6, 6.07) is 14.5. The predicted molar refractivity (Wildman–Crippen MR) is 133 cm³/mol. The Labute approximate surface area is 212 Å². The number of halogens is 1. The molecule has 182 valence electrons. The van der Waals surface area contributed by atoms with E-state index in [2.05, 4.69) is 14.7 Å². The van der Waals surface area contributed by atoms with E-state index in [1.165, 1.54) is 6.08 Å². The minimum absolute atomic E-state index is 0.0373. The van der Waals surface area contributed by atoms with Gasteiger partial charge in [0.05, 0.1) is 18.2 Å². The number of carbonyl (C=O) groups excluding carboxylic acids is 1. The third-order valence-corrected chi connectivity index (χ3v) is 6.31. The van der Waals surface area contributed by atoms with Crippen LogP contribution in [0.15, 0.2) is 53.2 Å². The van der Waals surface area contributed by atoms with Crippen molar-refractivity contribution in [3.63, 3.8) is 0 Å². The van der Waals surface area contributed by atoms with E-state index in [0.717, 1.165) is 17.6 Å². The van der Waals surface area contributed by atoms with Gasteiger partial charge in [-0.2, -0.15) is 14.6 Å². The van der Waals surface area contributed by atoms with Gasteiger partial charge >= 0.3 is 0 Å². The van der Waals surface area contributed by atoms with Crippen LogP contribution in [0, 0.1) is 18.3 Å². The van der Waals surface area contributed by atoms with Crippen molar-refractivity contribution in [1.82, 2.24) is 9.36 Å². The molecule has 0 saturated carbocycles. The zero-order valence-electron chi connectivity index (χ0n) is 18.8. The van der Waals surface area contributed by atoms with Crippen LogP contribution in [0.1, 0.15) is 17.5 Å². The molecule has 12 heteroatoms. The minimum Gasteiger partial charge on any atom is -0.493 e. The maximum absolute atomic E-state index is 12.4. The fourth-order valence-corrected chi connectivity index (χ4v) is 4.36. The van der Waals surface area contributed by atoms with E-state index in [4.69, 9.17) is 21.1 Å². The average Bonchev–Trinajstić information content (AvgIpc) is 3.28. The molecule has 2 aromatic carbocycles. The van der Waals surface area contributed by atoms with Crippen LogP contribution in [0.2, 0.25) is 5.02 Å². The number of benzene rings is 2. The van der Waals surface area contributed by atoms with Gasteiger partial charge in [0.25, 0.3) is 11.1 Å². The predicted octanol–water partition coefficient (Wildman–Crippen LogP) is 4.30. The first-order valence-electron chi connectivity index (χ1n) is 10.2. The molecule has 0 aliphatic carbocycles. The zero-order valence-corrected chi connectivity index (χ0v) is 21.2. The van der Waals surface area contributed by atoms with Gasteiger partial charge < -0.3 is 9.47 Å². The van der Waals surface area contributed by atoms with Crippen LogP contribution in [-0.4, -0.2) is 43.2 Å². The summed E-state index contributed by atoms with van der Waals surface area (Å²) in [6.45, 7) is 2.89. The molecule has 1 N–H and O–H groups in total. The highest BCUT2D eigenvalue weighted by Crippen LogP contribution is 2.27. The van der Waals surface area contributed by atoms with Crippen molar-refractivity contribution in [3.8, 4) is 17.6 Å². The van der Waals surface area contributed by atoms with Crippen LogP contribution in [-0.2, 0) is 14.6 Å². The van der Waals surface area contributed by atoms with E-state index in [-0.39, 0.29) is 10.7 Å². The first kappa shape index (κ1) is 26.2. The van der Waals surface area contributed by atoms with Crippen LogP contribution in [0.4, 0.5) is 5.13 Å². The molecule has 0 saturated heterocycles. The Morgan fingerprint density at radius 3 is 2.54 bits per heavy atom. The van der Waals surface area contributed by atoms with Crippen molar-refractivity contribution in [2.75, 3.05) is 24.8 Å². The monoisotopic (exact) mass is 532 g/mol. The highest BCUT2D eigenvalue weighted by atomic mass is 35.5. The number of rotatable bonds is 10.